The number of ether oxygens (including phenoxy) is 4. The number of carbonyl (C=O) groups excluding carboxylic acids is 4. The van der Waals surface area contributed by atoms with Crippen molar-refractivity contribution in [3.63, 3.8) is 0 Å². The number of aliphatic hydroxyl groups is 1. The molecule has 0 aromatic heterocycles. The first-order valence-corrected chi connectivity index (χ1v) is 45.4. The summed E-state index contributed by atoms with van der Waals surface area (Å²) in [5.74, 6) is 0.237. The van der Waals surface area contributed by atoms with E-state index in [4.69, 9.17) is 37.0 Å². The highest BCUT2D eigenvalue weighted by Crippen LogP contribution is 2.45. The summed E-state index contributed by atoms with van der Waals surface area (Å²) in [4.78, 5) is 73.1. The number of unbranched alkanes of at least 4 members (excludes halogenated alkanes) is 47. The summed E-state index contributed by atoms with van der Waals surface area (Å²) < 4.78 is 68.7. The van der Waals surface area contributed by atoms with Crippen LogP contribution < -0.4 is 0 Å². The minimum absolute atomic E-state index is 0.107. The Morgan fingerprint density at radius 2 is 0.505 bits per heavy atom. The lowest BCUT2D eigenvalue weighted by molar-refractivity contribution is -0.161. The Morgan fingerprint density at radius 3 is 0.752 bits per heavy atom. The van der Waals surface area contributed by atoms with Crippen LogP contribution in [0, 0.1) is 17.8 Å². The highest BCUT2D eigenvalue weighted by atomic mass is 31.2. The molecule has 6 atom stereocenters. The van der Waals surface area contributed by atoms with E-state index in [1.54, 1.807) is 0 Å². The van der Waals surface area contributed by atoms with Gasteiger partial charge in [0.2, 0.25) is 0 Å². The molecule has 0 bridgehead atoms. The van der Waals surface area contributed by atoms with Gasteiger partial charge in [-0.3, -0.25) is 37.3 Å². The number of carbonyl (C=O) groups is 4. The molecule has 101 heavy (non-hydrogen) atoms. The van der Waals surface area contributed by atoms with E-state index in [1.807, 2.05) is 0 Å². The number of aliphatic hydroxyl groups excluding tert-OH is 1. The van der Waals surface area contributed by atoms with Gasteiger partial charge in [0.25, 0.3) is 0 Å². The molecule has 0 saturated carbocycles. The van der Waals surface area contributed by atoms with Gasteiger partial charge in [-0.15, -0.1) is 0 Å². The lowest BCUT2D eigenvalue weighted by Gasteiger charge is -2.21. The SMILES string of the molecule is CCCCCCCCCCCCCCCCC(=O)O[C@H](COC(=O)CCCCCCCCC(C)CC)COP(=O)(O)OC[C@H](O)COP(=O)(O)OC[C@@H](COC(=O)CCCCCCCCCCCCCCCCCC(C)C)OC(=O)CCCCCCCCCCCCCCCCCCC(C)C. The third-order valence-electron chi connectivity index (χ3n) is 19.5. The lowest BCUT2D eigenvalue weighted by Crippen LogP contribution is -2.30. The molecule has 0 saturated heterocycles. The smallest absolute Gasteiger partial charge is 0.462 e. The van der Waals surface area contributed by atoms with Gasteiger partial charge >= 0.3 is 39.5 Å². The van der Waals surface area contributed by atoms with Gasteiger partial charge in [0, 0.05) is 25.7 Å². The molecular weight excluding hydrogens is 1320 g/mol. The largest absolute Gasteiger partial charge is 0.472 e. The average Bonchev–Trinajstić information content (AvgIpc) is 0.917. The molecule has 0 aromatic rings. The summed E-state index contributed by atoms with van der Waals surface area (Å²) in [7, 11) is -9.92. The van der Waals surface area contributed by atoms with Crippen molar-refractivity contribution in [2.45, 2.75) is 446 Å². The van der Waals surface area contributed by atoms with Gasteiger partial charge in [0.1, 0.15) is 19.3 Å². The zero-order chi connectivity index (χ0) is 74.4. The molecule has 0 fully saturated rings. The van der Waals surface area contributed by atoms with Gasteiger partial charge < -0.3 is 33.8 Å². The van der Waals surface area contributed by atoms with Gasteiger partial charge in [0.15, 0.2) is 12.2 Å². The number of hydrogen-bond acceptors (Lipinski definition) is 15. The second-order valence-corrected chi connectivity index (χ2v) is 33.6. The van der Waals surface area contributed by atoms with Crippen LogP contribution in [0.1, 0.15) is 427 Å². The van der Waals surface area contributed by atoms with Crippen molar-refractivity contribution in [1.82, 2.24) is 0 Å². The Kier molecular flexibility index (Phi) is 70.9. The van der Waals surface area contributed by atoms with Crippen LogP contribution >= 0.6 is 15.6 Å². The highest BCUT2D eigenvalue weighted by molar-refractivity contribution is 7.47. The first kappa shape index (κ1) is 99.1. The molecule has 0 rings (SSSR count). The molecule has 3 N–H and O–H groups in total. The normalized spacial score (nSPS) is 14.2. The van der Waals surface area contributed by atoms with Crippen LogP contribution in [0.2, 0.25) is 0 Å². The molecule has 0 aliphatic heterocycles. The number of rotatable bonds is 80. The molecule has 3 unspecified atom stereocenters. The van der Waals surface area contributed by atoms with Crippen LogP contribution in [0.3, 0.4) is 0 Å². The first-order chi connectivity index (χ1) is 48.8. The van der Waals surface area contributed by atoms with Crippen LogP contribution in [0.25, 0.3) is 0 Å². The highest BCUT2D eigenvalue weighted by Gasteiger charge is 2.30. The van der Waals surface area contributed by atoms with E-state index in [1.165, 1.54) is 231 Å². The van der Waals surface area contributed by atoms with Crippen molar-refractivity contribution in [1.29, 1.82) is 0 Å². The van der Waals surface area contributed by atoms with E-state index in [9.17, 15) is 43.2 Å². The van der Waals surface area contributed by atoms with E-state index >= 15 is 0 Å². The maximum atomic E-state index is 13.1. The van der Waals surface area contributed by atoms with E-state index < -0.39 is 97.5 Å². The van der Waals surface area contributed by atoms with Crippen molar-refractivity contribution >= 4 is 39.5 Å². The molecule has 0 aromatic carbocycles. The van der Waals surface area contributed by atoms with Crippen LogP contribution in [0.15, 0.2) is 0 Å². The summed E-state index contributed by atoms with van der Waals surface area (Å²) in [6.45, 7) is 12.0. The fourth-order valence-corrected chi connectivity index (χ4v) is 14.2. The summed E-state index contributed by atoms with van der Waals surface area (Å²) >= 11 is 0. The average molecular weight is 1480 g/mol. The Hall–Kier alpha value is -1.94. The Balaban J connectivity index is 5.24. The van der Waals surface area contributed by atoms with E-state index in [2.05, 4.69) is 48.5 Å². The topological polar surface area (TPSA) is 237 Å². The Morgan fingerprint density at radius 1 is 0.287 bits per heavy atom. The summed E-state index contributed by atoms with van der Waals surface area (Å²) in [5, 5.41) is 10.6. The summed E-state index contributed by atoms with van der Waals surface area (Å²) in [6, 6.07) is 0. The zero-order valence-electron chi connectivity index (χ0n) is 66.4. The van der Waals surface area contributed by atoms with Crippen LogP contribution in [-0.4, -0.2) is 96.7 Å². The van der Waals surface area contributed by atoms with E-state index in [0.29, 0.717) is 25.7 Å². The number of esters is 4. The van der Waals surface area contributed by atoms with Crippen molar-refractivity contribution in [2.24, 2.45) is 17.8 Å². The minimum Gasteiger partial charge on any atom is -0.462 e. The van der Waals surface area contributed by atoms with Crippen molar-refractivity contribution in [3.8, 4) is 0 Å². The van der Waals surface area contributed by atoms with Crippen LogP contribution in [0.4, 0.5) is 0 Å². The monoisotopic (exact) mass is 1480 g/mol. The number of phosphoric acid groups is 2. The lowest BCUT2D eigenvalue weighted by atomic mass is 10.00. The summed E-state index contributed by atoms with van der Waals surface area (Å²) in [5.41, 5.74) is 0. The molecule has 600 valence electrons. The molecular formula is C82H160O17P2. The Bertz CT molecular complexity index is 1960. The minimum atomic E-state index is -4.96. The predicted molar refractivity (Wildman–Crippen MR) is 414 cm³/mol. The van der Waals surface area contributed by atoms with Crippen molar-refractivity contribution < 1.29 is 80.2 Å². The van der Waals surface area contributed by atoms with E-state index in [0.717, 1.165) is 114 Å². The molecule has 0 amide bonds. The van der Waals surface area contributed by atoms with Gasteiger partial charge in [-0.2, -0.15) is 0 Å². The standard InChI is InChI=1S/C82H160O17P2/c1-8-10-11-12-13-14-15-16-26-32-37-42-51-58-65-82(87)99-78(70-93-80(85)64-57-50-45-44-48-55-62-75(7)9-2)72-97-101(90,91)95-68-76(83)67-94-100(88,89)96-71-77(69-92-79(84)63-56-49-41-36-31-27-23-19-21-25-30-35-40-47-54-61-74(5)6)98-81(86)66-59-52-43-38-33-28-22-18-17-20-24-29-34-39-46-53-60-73(3)4/h73-78,83H,8-72H2,1-7H3,(H,88,89)(H,90,91)/t75?,76-,77-,78-/m1/s1. The summed E-state index contributed by atoms with van der Waals surface area (Å²) in [6.07, 6.45) is 61.0. The maximum Gasteiger partial charge on any atom is 0.472 e. The molecule has 0 aliphatic carbocycles. The van der Waals surface area contributed by atoms with Crippen molar-refractivity contribution in [2.75, 3.05) is 39.6 Å². The van der Waals surface area contributed by atoms with Crippen LogP contribution in [-0.2, 0) is 65.4 Å². The second-order valence-electron chi connectivity index (χ2n) is 30.7. The third kappa shape index (κ3) is 74.7. The van der Waals surface area contributed by atoms with E-state index in [-0.39, 0.29) is 25.7 Å². The molecule has 17 nitrogen and oxygen atoms in total. The quantitative estimate of drug-likeness (QED) is 0.0222. The van der Waals surface area contributed by atoms with Gasteiger partial charge in [-0.1, -0.05) is 376 Å². The van der Waals surface area contributed by atoms with Gasteiger partial charge in [0.05, 0.1) is 26.4 Å². The second kappa shape index (κ2) is 72.3. The zero-order valence-corrected chi connectivity index (χ0v) is 68.2. The predicted octanol–water partition coefficient (Wildman–Crippen LogP) is 24.5. The maximum absolute atomic E-state index is 13.1. The molecule has 0 aliphatic rings. The first-order valence-electron chi connectivity index (χ1n) is 42.4. The fraction of sp³-hybridized carbons (Fsp3) is 0.951. The molecule has 19 heteroatoms. The van der Waals surface area contributed by atoms with Gasteiger partial charge in [-0.25, -0.2) is 9.13 Å². The molecule has 0 radical (unpaired) electrons. The Labute approximate surface area is 619 Å². The van der Waals surface area contributed by atoms with Crippen molar-refractivity contribution in [3.05, 3.63) is 0 Å². The number of hydrogen-bond donors (Lipinski definition) is 3. The fourth-order valence-electron chi connectivity index (χ4n) is 12.6. The third-order valence-corrected chi connectivity index (χ3v) is 21.4. The van der Waals surface area contributed by atoms with Gasteiger partial charge in [-0.05, 0) is 43.4 Å². The number of phosphoric ester groups is 2. The van der Waals surface area contributed by atoms with Crippen LogP contribution in [0.5, 0.6) is 0 Å². The molecule has 0 heterocycles. The molecule has 0 spiro atoms.